The van der Waals surface area contributed by atoms with E-state index in [4.69, 9.17) is 16.6 Å². The van der Waals surface area contributed by atoms with Gasteiger partial charge in [-0.1, -0.05) is 24.6 Å². The minimum absolute atomic E-state index is 0.100. The monoisotopic (exact) mass is 418 g/mol. The van der Waals surface area contributed by atoms with Crippen molar-refractivity contribution in [2.24, 2.45) is 0 Å². The van der Waals surface area contributed by atoms with Crippen LogP contribution in [0.4, 0.5) is 0 Å². The molecule has 1 fully saturated rings. The number of hydrogen-bond acceptors (Lipinski definition) is 4. The summed E-state index contributed by atoms with van der Waals surface area (Å²) in [4.78, 5) is 9.28. The highest BCUT2D eigenvalue weighted by molar-refractivity contribution is 7.89. The number of sulfonamides is 1. The van der Waals surface area contributed by atoms with Gasteiger partial charge in [-0.2, -0.15) is 0 Å². The molecule has 0 amide bonds. The van der Waals surface area contributed by atoms with Gasteiger partial charge in [0.25, 0.3) is 0 Å². The van der Waals surface area contributed by atoms with Gasteiger partial charge < -0.3 is 0 Å². The average molecular weight is 419 g/mol. The fraction of sp³-hybridized carbons (Fsp3) is 0.400. The Morgan fingerprint density at radius 1 is 1.25 bits per heavy atom. The van der Waals surface area contributed by atoms with Gasteiger partial charge in [0.15, 0.2) is 0 Å². The van der Waals surface area contributed by atoms with Crippen LogP contribution in [0.1, 0.15) is 37.8 Å². The van der Waals surface area contributed by atoms with Crippen LogP contribution in [0.15, 0.2) is 42.7 Å². The molecule has 4 rings (SSSR count). The predicted octanol–water partition coefficient (Wildman–Crippen LogP) is 3.97. The average Bonchev–Trinajstić information content (AvgIpc) is 3.11. The van der Waals surface area contributed by atoms with Gasteiger partial charge in [0.1, 0.15) is 5.65 Å². The Kier molecular flexibility index (Phi) is 5.40. The van der Waals surface area contributed by atoms with E-state index in [1.54, 1.807) is 10.5 Å². The van der Waals surface area contributed by atoms with Crippen LogP contribution in [0, 0.1) is 0 Å². The Labute approximate surface area is 170 Å². The van der Waals surface area contributed by atoms with Crippen LogP contribution < -0.4 is 0 Å². The van der Waals surface area contributed by atoms with Crippen LogP contribution in [0.25, 0.3) is 17.0 Å². The van der Waals surface area contributed by atoms with Gasteiger partial charge in [-0.25, -0.2) is 17.7 Å². The molecule has 4 heterocycles. The molecule has 0 unspecified atom stereocenters. The van der Waals surface area contributed by atoms with Gasteiger partial charge in [0.05, 0.1) is 28.4 Å². The Bertz CT molecular complexity index is 1100. The zero-order valence-electron chi connectivity index (χ0n) is 15.8. The van der Waals surface area contributed by atoms with Gasteiger partial charge in [0.2, 0.25) is 10.0 Å². The molecule has 1 saturated heterocycles. The van der Waals surface area contributed by atoms with E-state index in [-0.39, 0.29) is 11.7 Å². The van der Waals surface area contributed by atoms with Crippen molar-refractivity contribution in [3.8, 4) is 11.4 Å². The zero-order chi connectivity index (χ0) is 19.7. The van der Waals surface area contributed by atoms with Crippen LogP contribution in [-0.4, -0.2) is 45.9 Å². The van der Waals surface area contributed by atoms with Crippen molar-refractivity contribution in [1.82, 2.24) is 18.7 Å². The van der Waals surface area contributed by atoms with Gasteiger partial charge in [-0.3, -0.25) is 9.38 Å². The van der Waals surface area contributed by atoms with Crippen LogP contribution in [0.5, 0.6) is 0 Å². The van der Waals surface area contributed by atoms with Crippen molar-refractivity contribution < 1.29 is 8.42 Å². The molecule has 0 spiro atoms. The molecule has 28 heavy (non-hydrogen) atoms. The summed E-state index contributed by atoms with van der Waals surface area (Å²) in [6.07, 6.45) is 6.04. The van der Waals surface area contributed by atoms with Gasteiger partial charge >= 0.3 is 0 Å². The zero-order valence-corrected chi connectivity index (χ0v) is 17.3. The van der Waals surface area contributed by atoms with Crippen molar-refractivity contribution in [2.75, 3.05) is 18.8 Å². The summed E-state index contributed by atoms with van der Waals surface area (Å²) >= 11 is 6.14. The van der Waals surface area contributed by atoms with E-state index in [2.05, 4.69) is 4.98 Å². The highest BCUT2D eigenvalue weighted by Gasteiger charge is 2.29. The SMILES string of the molecule is CCCS(=O)(=O)N1CCC[C@H](c2cccc(-c3cnc4ccc(Cl)cn34)n2)C1. The maximum absolute atomic E-state index is 12.5. The molecule has 6 nitrogen and oxygen atoms in total. The Balaban J connectivity index is 1.64. The lowest BCUT2D eigenvalue weighted by atomic mass is 9.95. The number of hydrogen-bond donors (Lipinski definition) is 0. The number of pyridine rings is 2. The second-order valence-corrected chi connectivity index (χ2v) is 9.70. The number of aromatic nitrogens is 3. The fourth-order valence-corrected chi connectivity index (χ4v) is 5.54. The molecule has 3 aromatic heterocycles. The minimum Gasteiger partial charge on any atom is -0.297 e. The highest BCUT2D eigenvalue weighted by atomic mass is 35.5. The minimum atomic E-state index is -3.18. The smallest absolute Gasteiger partial charge is 0.214 e. The number of halogens is 1. The quantitative estimate of drug-likeness (QED) is 0.628. The normalized spacial score (nSPS) is 18.6. The van der Waals surface area contributed by atoms with E-state index in [0.717, 1.165) is 35.6 Å². The summed E-state index contributed by atoms with van der Waals surface area (Å²) in [6.45, 7) is 2.99. The van der Waals surface area contributed by atoms with E-state index in [1.165, 1.54) is 0 Å². The van der Waals surface area contributed by atoms with Gasteiger partial charge in [-0.15, -0.1) is 0 Å². The second-order valence-electron chi connectivity index (χ2n) is 7.18. The lowest BCUT2D eigenvalue weighted by Crippen LogP contribution is -2.40. The topological polar surface area (TPSA) is 67.6 Å². The molecule has 0 bridgehead atoms. The number of piperidine rings is 1. The first-order chi connectivity index (χ1) is 13.5. The summed E-state index contributed by atoms with van der Waals surface area (Å²) in [7, 11) is -3.18. The Morgan fingerprint density at radius 3 is 2.93 bits per heavy atom. The van der Waals surface area contributed by atoms with Crippen LogP contribution >= 0.6 is 11.6 Å². The molecule has 0 aromatic carbocycles. The van der Waals surface area contributed by atoms with E-state index in [9.17, 15) is 8.42 Å². The number of imidazole rings is 1. The van der Waals surface area contributed by atoms with Crippen LogP contribution in [-0.2, 0) is 10.0 Å². The molecule has 1 aliphatic rings. The maximum Gasteiger partial charge on any atom is 0.214 e. The molecule has 0 radical (unpaired) electrons. The maximum atomic E-state index is 12.5. The van der Waals surface area contributed by atoms with E-state index < -0.39 is 10.0 Å². The summed E-state index contributed by atoms with van der Waals surface area (Å²) < 4.78 is 28.5. The third-order valence-electron chi connectivity index (χ3n) is 5.16. The van der Waals surface area contributed by atoms with E-state index in [0.29, 0.717) is 24.5 Å². The Hall–Kier alpha value is -1.96. The molecule has 1 aliphatic heterocycles. The lowest BCUT2D eigenvalue weighted by molar-refractivity contribution is 0.312. The molecular formula is C20H23ClN4O2S. The summed E-state index contributed by atoms with van der Waals surface area (Å²) in [5, 5.41) is 0.631. The number of nitrogens with zero attached hydrogens (tertiary/aromatic N) is 4. The van der Waals surface area contributed by atoms with Gasteiger partial charge in [0, 0.05) is 30.9 Å². The first kappa shape index (κ1) is 19.4. The number of fused-ring (bicyclic) bond motifs is 1. The molecule has 8 heteroatoms. The number of rotatable bonds is 5. The van der Waals surface area contributed by atoms with E-state index in [1.807, 2.05) is 47.9 Å². The first-order valence-electron chi connectivity index (χ1n) is 9.55. The summed E-state index contributed by atoms with van der Waals surface area (Å²) in [5.74, 6) is 0.304. The fourth-order valence-electron chi connectivity index (χ4n) is 3.79. The first-order valence-corrected chi connectivity index (χ1v) is 11.5. The molecule has 3 aromatic rings. The third-order valence-corrected chi connectivity index (χ3v) is 7.43. The van der Waals surface area contributed by atoms with Crippen molar-refractivity contribution in [3.05, 3.63) is 53.4 Å². The summed E-state index contributed by atoms with van der Waals surface area (Å²) in [5.41, 5.74) is 3.40. The lowest BCUT2D eigenvalue weighted by Gasteiger charge is -2.31. The van der Waals surface area contributed by atoms with Crippen molar-refractivity contribution in [3.63, 3.8) is 0 Å². The molecule has 148 valence electrons. The standard InChI is InChI=1S/C20H23ClN4O2S/c1-2-11-28(26,27)24-10-4-5-15(13-24)17-6-3-7-18(23-17)19-12-22-20-9-8-16(21)14-25(19)20/h3,6-9,12,14-15H,2,4-5,10-11,13H2,1H3/t15-/m0/s1. The van der Waals surface area contributed by atoms with Crippen molar-refractivity contribution >= 4 is 27.3 Å². The Morgan fingerprint density at radius 2 is 2.11 bits per heavy atom. The van der Waals surface area contributed by atoms with Crippen molar-refractivity contribution in [1.29, 1.82) is 0 Å². The molecule has 0 N–H and O–H groups in total. The molecule has 1 atom stereocenters. The summed E-state index contributed by atoms with van der Waals surface area (Å²) in [6, 6.07) is 9.59. The molecule has 0 aliphatic carbocycles. The van der Waals surface area contributed by atoms with Crippen LogP contribution in [0.3, 0.4) is 0 Å². The van der Waals surface area contributed by atoms with Crippen molar-refractivity contribution in [2.45, 2.75) is 32.1 Å². The largest absolute Gasteiger partial charge is 0.297 e. The highest BCUT2D eigenvalue weighted by Crippen LogP contribution is 2.29. The van der Waals surface area contributed by atoms with E-state index >= 15 is 0 Å². The van der Waals surface area contributed by atoms with Crippen LogP contribution in [0.2, 0.25) is 5.02 Å². The second kappa shape index (κ2) is 7.81. The molecule has 0 saturated carbocycles. The predicted molar refractivity (Wildman–Crippen MR) is 111 cm³/mol. The van der Waals surface area contributed by atoms with Gasteiger partial charge in [-0.05, 0) is 43.5 Å². The molecular weight excluding hydrogens is 396 g/mol. The third kappa shape index (κ3) is 3.79.